The van der Waals surface area contributed by atoms with Crippen molar-refractivity contribution >= 4 is 39.2 Å². The number of esters is 1. The predicted octanol–water partition coefficient (Wildman–Crippen LogP) is 2.21. The van der Waals surface area contributed by atoms with Gasteiger partial charge in [-0.05, 0) is 23.9 Å². The second kappa shape index (κ2) is 5.65. The first-order valence-electron chi connectivity index (χ1n) is 6.64. The van der Waals surface area contributed by atoms with Crippen molar-refractivity contribution in [1.29, 1.82) is 0 Å². The van der Waals surface area contributed by atoms with Gasteiger partial charge < -0.3 is 4.74 Å². The third-order valence-corrected chi connectivity index (χ3v) is 4.42. The molecule has 0 saturated carbocycles. The number of imide groups is 1. The van der Waals surface area contributed by atoms with E-state index in [0.717, 1.165) is 15.0 Å². The Bertz CT molecular complexity index is 688. The van der Waals surface area contributed by atoms with Crippen molar-refractivity contribution < 1.29 is 19.1 Å². The summed E-state index contributed by atoms with van der Waals surface area (Å²) >= 11 is 1.32. The summed E-state index contributed by atoms with van der Waals surface area (Å²) in [4.78, 5) is 36.8. The maximum absolute atomic E-state index is 11.9. The minimum Gasteiger partial charge on any atom is -0.451 e. The van der Waals surface area contributed by atoms with Gasteiger partial charge in [0.1, 0.15) is 4.88 Å². The molecule has 0 bridgehead atoms. The lowest BCUT2D eigenvalue weighted by atomic mass is 10.2. The van der Waals surface area contributed by atoms with Crippen LogP contribution in [0.2, 0.25) is 0 Å². The number of hydrogen-bond acceptors (Lipinski definition) is 5. The molecule has 1 aromatic heterocycles. The molecule has 1 aromatic carbocycles. The molecule has 0 radical (unpaired) electrons. The van der Waals surface area contributed by atoms with Crippen LogP contribution in [0.25, 0.3) is 10.1 Å². The summed E-state index contributed by atoms with van der Waals surface area (Å²) in [5.41, 5.74) is 0. The van der Waals surface area contributed by atoms with Gasteiger partial charge >= 0.3 is 5.97 Å². The molecule has 0 unspecified atom stereocenters. The van der Waals surface area contributed by atoms with Crippen molar-refractivity contribution in [1.82, 2.24) is 4.90 Å². The lowest BCUT2D eigenvalue weighted by Crippen LogP contribution is -2.35. The lowest BCUT2D eigenvalue weighted by Gasteiger charge is -2.12. The molecule has 1 fully saturated rings. The molecular formula is C15H13NO4S. The number of thiophene rings is 1. The molecule has 21 heavy (non-hydrogen) atoms. The van der Waals surface area contributed by atoms with Gasteiger partial charge in [0, 0.05) is 17.7 Å². The largest absolute Gasteiger partial charge is 0.451 e. The Morgan fingerprint density at radius 3 is 2.81 bits per heavy atom. The van der Waals surface area contributed by atoms with Crippen molar-refractivity contribution in [3.63, 3.8) is 0 Å². The molecule has 6 heteroatoms. The fraction of sp³-hybridized carbons (Fsp3) is 0.267. The highest BCUT2D eigenvalue weighted by molar-refractivity contribution is 7.20. The number of carbonyl (C=O) groups is 3. The third-order valence-electron chi connectivity index (χ3n) is 3.33. The van der Waals surface area contributed by atoms with E-state index >= 15 is 0 Å². The number of carbonyl (C=O) groups excluding carboxylic acids is 3. The standard InChI is InChI=1S/C15H13NO4S/c17-13-6-3-7-16(13)14(18)9-20-15(19)12-8-10-4-1-2-5-11(10)21-12/h1-2,4-5,8H,3,6-7,9H2. The molecule has 0 spiro atoms. The summed E-state index contributed by atoms with van der Waals surface area (Å²) in [6.45, 7) is 0.0247. The van der Waals surface area contributed by atoms with Gasteiger partial charge in [-0.2, -0.15) is 0 Å². The quantitative estimate of drug-likeness (QED) is 0.816. The van der Waals surface area contributed by atoms with Crippen LogP contribution in [0.5, 0.6) is 0 Å². The number of rotatable bonds is 3. The summed E-state index contributed by atoms with van der Waals surface area (Å²) in [6.07, 6.45) is 1.06. The Labute approximate surface area is 125 Å². The highest BCUT2D eigenvalue weighted by Crippen LogP contribution is 2.25. The molecule has 5 nitrogen and oxygen atoms in total. The fourth-order valence-electron chi connectivity index (χ4n) is 2.27. The van der Waals surface area contributed by atoms with E-state index in [1.807, 2.05) is 24.3 Å². The Hall–Kier alpha value is -2.21. The van der Waals surface area contributed by atoms with Crippen LogP contribution in [0.15, 0.2) is 30.3 Å². The van der Waals surface area contributed by atoms with Crippen LogP contribution in [-0.2, 0) is 14.3 Å². The van der Waals surface area contributed by atoms with E-state index in [9.17, 15) is 14.4 Å². The Morgan fingerprint density at radius 2 is 2.10 bits per heavy atom. The SMILES string of the molecule is O=C(OCC(=O)N1CCCC1=O)c1cc2ccccc2s1. The number of hydrogen-bond donors (Lipinski definition) is 0. The zero-order valence-corrected chi connectivity index (χ0v) is 12.0. The zero-order chi connectivity index (χ0) is 14.8. The van der Waals surface area contributed by atoms with Gasteiger partial charge in [-0.15, -0.1) is 11.3 Å². The average molecular weight is 303 g/mol. The number of benzene rings is 1. The van der Waals surface area contributed by atoms with Crippen molar-refractivity contribution in [2.75, 3.05) is 13.2 Å². The first kappa shape index (κ1) is 13.8. The minimum absolute atomic E-state index is 0.196. The van der Waals surface area contributed by atoms with Crippen molar-refractivity contribution in [2.24, 2.45) is 0 Å². The number of amides is 2. The first-order chi connectivity index (χ1) is 10.1. The van der Waals surface area contributed by atoms with E-state index in [0.29, 0.717) is 24.3 Å². The highest BCUT2D eigenvalue weighted by Gasteiger charge is 2.27. The van der Waals surface area contributed by atoms with Gasteiger partial charge in [0.15, 0.2) is 6.61 Å². The Morgan fingerprint density at radius 1 is 1.29 bits per heavy atom. The second-order valence-corrected chi connectivity index (χ2v) is 5.85. The van der Waals surface area contributed by atoms with Crippen LogP contribution in [0.4, 0.5) is 0 Å². The zero-order valence-electron chi connectivity index (χ0n) is 11.2. The topological polar surface area (TPSA) is 63.7 Å². The molecule has 0 aliphatic carbocycles. The van der Waals surface area contributed by atoms with Gasteiger partial charge in [-0.1, -0.05) is 18.2 Å². The summed E-state index contributed by atoms with van der Waals surface area (Å²) in [6, 6.07) is 9.37. The van der Waals surface area contributed by atoms with E-state index in [1.165, 1.54) is 11.3 Å². The molecular weight excluding hydrogens is 290 g/mol. The Kier molecular flexibility index (Phi) is 3.70. The van der Waals surface area contributed by atoms with Gasteiger partial charge in [0.2, 0.25) is 5.91 Å². The summed E-state index contributed by atoms with van der Waals surface area (Å²) in [5.74, 6) is -1.18. The summed E-state index contributed by atoms with van der Waals surface area (Å²) in [5, 5.41) is 0.968. The van der Waals surface area contributed by atoms with Gasteiger partial charge in [-0.3, -0.25) is 14.5 Å². The molecule has 1 aliphatic rings. The van der Waals surface area contributed by atoms with Gasteiger partial charge in [0.25, 0.3) is 5.91 Å². The van der Waals surface area contributed by atoms with E-state index < -0.39 is 18.5 Å². The van der Waals surface area contributed by atoms with Crippen LogP contribution in [0, 0.1) is 0 Å². The number of nitrogens with zero attached hydrogens (tertiary/aromatic N) is 1. The summed E-state index contributed by atoms with van der Waals surface area (Å²) in [7, 11) is 0. The molecule has 2 heterocycles. The fourth-order valence-corrected chi connectivity index (χ4v) is 3.23. The number of fused-ring (bicyclic) bond motifs is 1. The van der Waals surface area contributed by atoms with Crippen LogP contribution >= 0.6 is 11.3 Å². The van der Waals surface area contributed by atoms with Gasteiger partial charge in [0.05, 0.1) is 0 Å². The van der Waals surface area contributed by atoms with Crippen LogP contribution in [-0.4, -0.2) is 35.8 Å². The van der Waals surface area contributed by atoms with Crippen LogP contribution in [0.1, 0.15) is 22.5 Å². The predicted molar refractivity (Wildman–Crippen MR) is 78.1 cm³/mol. The van der Waals surface area contributed by atoms with Crippen LogP contribution < -0.4 is 0 Å². The van der Waals surface area contributed by atoms with E-state index in [2.05, 4.69) is 0 Å². The lowest BCUT2D eigenvalue weighted by molar-refractivity contribution is -0.143. The molecule has 1 aliphatic heterocycles. The van der Waals surface area contributed by atoms with Crippen LogP contribution in [0.3, 0.4) is 0 Å². The summed E-state index contributed by atoms with van der Waals surface area (Å²) < 4.78 is 6.00. The maximum Gasteiger partial charge on any atom is 0.348 e. The molecule has 2 aromatic rings. The van der Waals surface area contributed by atoms with Crippen molar-refractivity contribution in [3.05, 3.63) is 35.2 Å². The molecule has 1 saturated heterocycles. The molecule has 0 atom stereocenters. The molecule has 108 valence electrons. The van der Waals surface area contributed by atoms with E-state index in [-0.39, 0.29) is 5.91 Å². The van der Waals surface area contributed by atoms with Gasteiger partial charge in [-0.25, -0.2) is 4.79 Å². The normalized spacial score (nSPS) is 14.7. The highest BCUT2D eigenvalue weighted by atomic mass is 32.1. The average Bonchev–Trinajstić information content (AvgIpc) is 3.10. The maximum atomic E-state index is 11.9. The number of ether oxygens (including phenoxy) is 1. The first-order valence-corrected chi connectivity index (χ1v) is 7.46. The molecule has 0 N–H and O–H groups in total. The van der Waals surface area contributed by atoms with Crippen molar-refractivity contribution in [2.45, 2.75) is 12.8 Å². The van der Waals surface area contributed by atoms with E-state index in [4.69, 9.17) is 4.74 Å². The Balaban J connectivity index is 1.63. The minimum atomic E-state index is -0.531. The molecule has 3 rings (SSSR count). The monoisotopic (exact) mass is 303 g/mol. The third kappa shape index (κ3) is 2.80. The second-order valence-electron chi connectivity index (χ2n) is 4.77. The van der Waals surface area contributed by atoms with Crippen molar-refractivity contribution in [3.8, 4) is 0 Å². The number of likely N-dealkylation sites (tertiary alicyclic amines) is 1. The van der Waals surface area contributed by atoms with E-state index in [1.54, 1.807) is 6.07 Å². The molecule has 2 amide bonds. The smallest absolute Gasteiger partial charge is 0.348 e.